The Kier molecular flexibility index (Phi) is 4.66. The molecule has 2 nitrogen and oxygen atoms in total. The molecule has 0 radical (unpaired) electrons. The van der Waals surface area contributed by atoms with Crippen molar-refractivity contribution in [3.05, 3.63) is 45.4 Å². The molecule has 1 heterocycles. The van der Waals surface area contributed by atoms with E-state index in [0.717, 1.165) is 22.9 Å². The molecule has 1 aromatic heterocycles. The summed E-state index contributed by atoms with van der Waals surface area (Å²) in [7, 11) is 0. The second kappa shape index (κ2) is 6.24. The number of benzene rings is 1. The van der Waals surface area contributed by atoms with E-state index in [2.05, 4.69) is 4.98 Å². The van der Waals surface area contributed by atoms with Gasteiger partial charge < -0.3 is 4.74 Å². The Labute approximate surface area is 114 Å². The van der Waals surface area contributed by atoms with Crippen molar-refractivity contribution >= 4 is 34.5 Å². The van der Waals surface area contributed by atoms with Crippen LogP contribution < -0.4 is 4.74 Å². The van der Waals surface area contributed by atoms with Crippen molar-refractivity contribution in [3.8, 4) is 5.75 Å². The van der Waals surface area contributed by atoms with E-state index in [1.807, 2.05) is 23.6 Å². The molecule has 0 aliphatic carbocycles. The number of hydrogen-bond donors (Lipinski definition) is 0. The second-order valence-corrected chi connectivity index (χ2v) is 5.07. The predicted octanol–water partition coefficient (Wildman–Crippen LogP) is 4.16. The maximum absolute atomic E-state index is 5.86. The molecule has 0 fully saturated rings. The molecule has 1 aromatic carbocycles. The van der Waals surface area contributed by atoms with Gasteiger partial charge in [0.1, 0.15) is 5.75 Å². The number of aromatic nitrogens is 1. The Morgan fingerprint density at radius 3 is 2.94 bits per heavy atom. The smallest absolute Gasteiger partial charge is 0.120 e. The van der Waals surface area contributed by atoms with Gasteiger partial charge in [-0.15, -0.1) is 22.9 Å². The van der Waals surface area contributed by atoms with E-state index >= 15 is 0 Å². The van der Waals surface area contributed by atoms with E-state index < -0.39 is 0 Å². The van der Waals surface area contributed by atoms with Crippen molar-refractivity contribution in [1.82, 2.24) is 4.98 Å². The normalized spacial score (nSPS) is 10.5. The molecule has 0 atom stereocenters. The highest BCUT2D eigenvalue weighted by Crippen LogP contribution is 2.18. The van der Waals surface area contributed by atoms with Crippen LogP contribution in [0.4, 0.5) is 0 Å². The standard InChI is InChI=1S/C12H11Cl2NOS/c13-7-10-8-17-12(15-10)4-5-16-11-3-1-2-9(14)6-11/h1-3,6,8H,4-5,7H2. The lowest BCUT2D eigenvalue weighted by Gasteiger charge is -2.04. The fourth-order valence-corrected chi connectivity index (χ4v) is 2.53. The molecule has 2 aromatic rings. The summed E-state index contributed by atoms with van der Waals surface area (Å²) in [6, 6.07) is 7.38. The minimum absolute atomic E-state index is 0.464. The van der Waals surface area contributed by atoms with Gasteiger partial charge >= 0.3 is 0 Å². The quantitative estimate of drug-likeness (QED) is 0.771. The summed E-state index contributed by atoms with van der Waals surface area (Å²) in [5.41, 5.74) is 0.925. The summed E-state index contributed by atoms with van der Waals surface area (Å²) in [5.74, 6) is 1.25. The molecule has 0 unspecified atom stereocenters. The molecule has 5 heteroatoms. The highest BCUT2D eigenvalue weighted by molar-refractivity contribution is 7.09. The average molecular weight is 288 g/mol. The second-order valence-electron chi connectivity index (χ2n) is 3.42. The van der Waals surface area contributed by atoms with Crippen molar-refractivity contribution in [2.45, 2.75) is 12.3 Å². The SMILES string of the molecule is ClCc1csc(CCOc2cccc(Cl)c2)n1. The molecule has 0 N–H and O–H groups in total. The van der Waals surface area contributed by atoms with E-state index in [4.69, 9.17) is 27.9 Å². The van der Waals surface area contributed by atoms with Crippen LogP contribution in [0.2, 0.25) is 5.02 Å². The first-order chi connectivity index (χ1) is 8.28. The van der Waals surface area contributed by atoms with Gasteiger partial charge in [-0.1, -0.05) is 17.7 Å². The topological polar surface area (TPSA) is 22.1 Å². The van der Waals surface area contributed by atoms with Crippen molar-refractivity contribution in [2.75, 3.05) is 6.61 Å². The summed E-state index contributed by atoms with van der Waals surface area (Å²) in [6.45, 7) is 0.593. The minimum atomic E-state index is 0.464. The third-order valence-corrected chi connectivity index (χ3v) is 3.58. The molecule has 0 spiro atoms. The number of thiazole rings is 1. The fraction of sp³-hybridized carbons (Fsp3) is 0.250. The van der Waals surface area contributed by atoms with Crippen molar-refractivity contribution in [3.63, 3.8) is 0 Å². The number of hydrogen-bond acceptors (Lipinski definition) is 3. The van der Waals surface area contributed by atoms with Crippen molar-refractivity contribution in [2.24, 2.45) is 0 Å². The monoisotopic (exact) mass is 287 g/mol. The lowest BCUT2D eigenvalue weighted by atomic mass is 10.3. The van der Waals surface area contributed by atoms with Gasteiger partial charge in [-0.05, 0) is 18.2 Å². The number of alkyl halides is 1. The van der Waals surface area contributed by atoms with E-state index in [1.165, 1.54) is 0 Å². The van der Waals surface area contributed by atoms with E-state index in [-0.39, 0.29) is 0 Å². The summed E-state index contributed by atoms with van der Waals surface area (Å²) < 4.78 is 5.58. The van der Waals surface area contributed by atoms with E-state index in [9.17, 15) is 0 Å². The molecule has 0 amide bonds. The molecule has 0 saturated carbocycles. The number of rotatable bonds is 5. The van der Waals surface area contributed by atoms with Gasteiger partial charge in [-0.2, -0.15) is 0 Å². The molecular formula is C12H11Cl2NOS. The van der Waals surface area contributed by atoms with Gasteiger partial charge in [0.05, 0.1) is 23.2 Å². The third kappa shape index (κ3) is 3.87. The average Bonchev–Trinajstić information content (AvgIpc) is 2.77. The number of halogens is 2. The summed E-state index contributed by atoms with van der Waals surface area (Å²) >= 11 is 13.2. The van der Waals surface area contributed by atoms with Crippen LogP contribution >= 0.6 is 34.5 Å². The molecular weight excluding hydrogens is 277 g/mol. The van der Waals surface area contributed by atoms with Crippen LogP contribution in [0, 0.1) is 0 Å². The summed E-state index contributed by atoms with van der Waals surface area (Å²) in [6.07, 6.45) is 0.786. The van der Waals surface area contributed by atoms with E-state index in [0.29, 0.717) is 17.5 Å². The summed E-state index contributed by atoms with van der Waals surface area (Å²) in [4.78, 5) is 4.36. The first-order valence-electron chi connectivity index (χ1n) is 5.15. The maximum atomic E-state index is 5.86. The molecule has 17 heavy (non-hydrogen) atoms. The molecule has 2 rings (SSSR count). The Balaban J connectivity index is 1.83. The summed E-state index contributed by atoms with van der Waals surface area (Å²) in [5, 5.41) is 3.70. The van der Waals surface area contributed by atoms with Gasteiger partial charge in [0, 0.05) is 16.8 Å². The Hall–Kier alpha value is -0.770. The third-order valence-electron chi connectivity index (χ3n) is 2.12. The van der Waals surface area contributed by atoms with Crippen LogP contribution in [0.15, 0.2) is 29.6 Å². The molecule has 0 aliphatic rings. The van der Waals surface area contributed by atoms with Crippen LogP contribution in [0.3, 0.4) is 0 Å². The van der Waals surface area contributed by atoms with Crippen LogP contribution in [-0.4, -0.2) is 11.6 Å². The molecule has 90 valence electrons. The number of ether oxygens (including phenoxy) is 1. The van der Waals surface area contributed by atoms with Crippen LogP contribution in [-0.2, 0) is 12.3 Å². The van der Waals surface area contributed by atoms with Crippen molar-refractivity contribution in [1.29, 1.82) is 0 Å². The van der Waals surface area contributed by atoms with Gasteiger partial charge in [-0.25, -0.2) is 4.98 Å². The van der Waals surface area contributed by atoms with Gasteiger partial charge in [-0.3, -0.25) is 0 Å². The zero-order valence-corrected chi connectivity index (χ0v) is 11.4. The fourth-order valence-electron chi connectivity index (χ4n) is 1.34. The van der Waals surface area contributed by atoms with Crippen LogP contribution in [0.5, 0.6) is 5.75 Å². The maximum Gasteiger partial charge on any atom is 0.120 e. The van der Waals surface area contributed by atoms with Crippen LogP contribution in [0.25, 0.3) is 0 Å². The van der Waals surface area contributed by atoms with Crippen LogP contribution in [0.1, 0.15) is 10.7 Å². The lowest BCUT2D eigenvalue weighted by molar-refractivity contribution is 0.322. The molecule has 0 saturated heterocycles. The molecule has 0 aliphatic heterocycles. The zero-order chi connectivity index (χ0) is 12.1. The number of nitrogens with zero attached hydrogens (tertiary/aromatic N) is 1. The highest BCUT2D eigenvalue weighted by Gasteiger charge is 2.01. The minimum Gasteiger partial charge on any atom is -0.493 e. The Morgan fingerprint density at radius 2 is 2.24 bits per heavy atom. The first kappa shape index (κ1) is 12.7. The van der Waals surface area contributed by atoms with Gasteiger partial charge in [0.2, 0.25) is 0 Å². The van der Waals surface area contributed by atoms with Crippen molar-refractivity contribution < 1.29 is 4.74 Å². The predicted molar refractivity (Wildman–Crippen MR) is 72.3 cm³/mol. The highest BCUT2D eigenvalue weighted by atomic mass is 35.5. The Morgan fingerprint density at radius 1 is 1.35 bits per heavy atom. The van der Waals surface area contributed by atoms with E-state index in [1.54, 1.807) is 17.4 Å². The van der Waals surface area contributed by atoms with Gasteiger partial charge in [0.25, 0.3) is 0 Å². The molecule has 0 bridgehead atoms. The lowest BCUT2D eigenvalue weighted by Crippen LogP contribution is -2.01. The van der Waals surface area contributed by atoms with Gasteiger partial charge in [0.15, 0.2) is 0 Å². The zero-order valence-electron chi connectivity index (χ0n) is 9.03. The largest absolute Gasteiger partial charge is 0.493 e. The Bertz CT molecular complexity index is 487. The first-order valence-corrected chi connectivity index (χ1v) is 6.95.